The van der Waals surface area contributed by atoms with Crippen LogP contribution in [0.3, 0.4) is 0 Å². The van der Waals surface area contributed by atoms with Gasteiger partial charge < -0.3 is 5.32 Å². The Morgan fingerprint density at radius 1 is 1.07 bits per heavy atom. The van der Waals surface area contributed by atoms with Crippen molar-refractivity contribution < 1.29 is 17.6 Å². The van der Waals surface area contributed by atoms with Gasteiger partial charge in [-0.2, -0.15) is 5.26 Å². The molecule has 2 aromatic carbocycles. The SMILES string of the molecule is N#C/C(=C/c1ccc(-c2ccc(F)cc2)s1)C(=O)Nc1ccc(S(N)(=O)=O)cc1. The monoisotopic (exact) mass is 427 g/mol. The Labute approximate surface area is 170 Å². The maximum Gasteiger partial charge on any atom is 0.266 e. The van der Waals surface area contributed by atoms with E-state index >= 15 is 0 Å². The van der Waals surface area contributed by atoms with Crippen molar-refractivity contribution in [1.29, 1.82) is 5.26 Å². The lowest BCUT2D eigenvalue weighted by atomic mass is 10.2. The Kier molecular flexibility index (Phi) is 5.89. The molecule has 0 bridgehead atoms. The van der Waals surface area contributed by atoms with Crippen LogP contribution >= 0.6 is 11.3 Å². The highest BCUT2D eigenvalue weighted by molar-refractivity contribution is 7.89. The van der Waals surface area contributed by atoms with Gasteiger partial charge in [0.2, 0.25) is 10.0 Å². The van der Waals surface area contributed by atoms with Crippen LogP contribution in [-0.2, 0) is 14.8 Å². The van der Waals surface area contributed by atoms with Crippen molar-refractivity contribution >= 4 is 39.0 Å². The fraction of sp³-hybridized carbons (Fsp3) is 0. The highest BCUT2D eigenvalue weighted by Crippen LogP contribution is 2.29. The number of carbonyl (C=O) groups excluding carboxylic acids is 1. The number of benzene rings is 2. The van der Waals surface area contributed by atoms with Gasteiger partial charge in [0.1, 0.15) is 17.5 Å². The topological polar surface area (TPSA) is 113 Å². The third kappa shape index (κ3) is 5.14. The van der Waals surface area contributed by atoms with Gasteiger partial charge in [0.15, 0.2) is 0 Å². The van der Waals surface area contributed by atoms with Gasteiger partial charge in [-0.15, -0.1) is 11.3 Å². The highest BCUT2D eigenvalue weighted by atomic mass is 32.2. The molecule has 3 rings (SSSR count). The number of nitrogens with zero attached hydrogens (tertiary/aromatic N) is 1. The summed E-state index contributed by atoms with van der Waals surface area (Å²) in [7, 11) is -3.83. The average Bonchev–Trinajstić information content (AvgIpc) is 3.15. The fourth-order valence-corrected chi connectivity index (χ4v) is 3.89. The number of hydrogen-bond donors (Lipinski definition) is 2. The zero-order valence-corrected chi connectivity index (χ0v) is 16.4. The van der Waals surface area contributed by atoms with E-state index in [9.17, 15) is 22.9 Å². The van der Waals surface area contributed by atoms with Gasteiger partial charge in [0.05, 0.1) is 4.90 Å². The predicted octanol–water partition coefficient (Wildman–Crippen LogP) is 3.75. The Balaban J connectivity index is 1.77. The Hall–Kier alpha value is -3.32. The summed E-state index contributed by atoms with van der Waals surface area (Å²) in [4.78, 5) is 13.8. The lowest BCUT2D eigenvalue weighted by Crippen LogP contribution is -2.14. The lowest BCUT2D eigenvalue weighted by molar-refractivity contribution is -0.112. The first-order valence-electron chi connectivity index (χ1n) is 8.18. The molecule has 1 aromatic heterocycles. The molecule has 146 valence electrons. The summed E-state index contributed by atoms with van der Waals surface area (Å²) in [6, 6.07) is 16.7. The minimum Gasteiger partial charge on any atom is -0.321 e. The van der Waals surface area contributed by atoms with Crippen LogP contribution < -0.4 is 10.5 Å². The predicted molar refractivity (Wildman–Crippen MR) is 110 cm³/mol. The Bertz CT molecular complexity index is 1220. The molecule has 0 radical (unpaired) electrons. The molecule has 0 saturated carbocycles. The summed E-state index contributed by atoms with van der Waals surface area (Å²) >= 11 is 1.35. The van der Waals surface area contributed by atoms with Crippen molar-refractivity contribution in [1.82, 2.24) is 0 Å². The minimum atomic E-state index is -3.83. The summed E-state index contributed by atoms with van der Waals surface area (Å²) in [5, 5.41) is 16.9. The molecule has 9 heteroatoms. The van der Waals surface area contributed by atoms with E-state index in [0.717, 1.165) is 10.4 Å². The first-order chi connectivity index (χ1) is 13.8. The number of amides is 1. The number of sulfonamides is 1. The normalized spacial score (nSPS) is 11.7. The second-order valence-electron chi connectivity index (χ2n) is 5.90. The molecule has 0 saturated heterocycles. The van der Waals surface area contributed by atoms with E-state index in [4.69, 9.17) is 5.14 Å². The van der Waals surface area contributed by atoms with Crippen LogP contribution in [0.5, 0.6) is 0 Å². The van der Waals surface area contributed by atoms with Gasteiger partial charge in [-0.3, -0.25) is 4.79 Å². The number of carbonyl (C=O) groups is 1. The quantitative estimate of drug-likeness (QED) is 0.477. The lowest BCUT2D eigenvalue weighted by Gasteiger charge is -2.05. The average molecular weight is 427 g/mol. The van der Waals surface area contributed by atoms with Crippen molar-refractivity contribution in [2.75, 3.05) is 5.32 Å². The van der Waals surface area contributed by atoms with E-state index < -0.39 is 15.9 Å². The van der Waals surface area contributed by atoms with Crippen LogP contribution in [-0.4, -0.2) is 14.3 Å². The van der Waals surface area contributed by atoms with Gasteiger partial charge in [0, 0.05) is 15.4 Å². The molecule has 0 atom stereocenters. The third-order valence-corrected chi connectivity index (χ3v) is 5.86. The number of primary sulfonamides is 1. The molecule has 0 aliphatic rings. The summed E-state index contributed by atoms with van der Waals surface area (Å²) < 4.78 is 35.6. The standard InChI is InChI=1S/C20H14FN3O3S2/c21-15-3-1-13(2-4-15)19-10-7-17(28-19)11-14(12-22)20(25)24-16-5-8-18(9-6-16)29(23,26)27/h1-11H,(H,24,25)(H2,23,26,27)/b14-11-. The first kappa shape index (κ1) is 20.4. The van der Waals surface area contributed by atoms with E-state index in [1.807, 2.05) is 12.1 Å². The molecule has 0 fully saturated rings. The molecule has 3 aromatic rings. The highest BCUT2D eigenvalue weighted by Gasteiger charge is 2.12. The number of nitriles is 1. The van der Waals surface area contributed by atoms with E-state index in [0.29, 0.717) is 10.6 Å². The van der Waals surface area contributed by atoms with Crippen LogP contribution in [0.25, 0.3) is 16.5 Å². The molecule has 0 unspecified atom stereocenters. The van der Waals surface area contributed by atoms with E-state index in [1.165, 1.54) is 53.8 Å². The van der Waals surface area contributed by atoms with Crippen molar-refractivity contribution in [3.05, 3.63) is 76.9 Å². The molecular weight excluding hydrogens is 413 g/mol. The summed E-state index contributed by atoms with van der Waals surface area (Å²) in [5.74, 6) is -0.960. The maximum atomic E-state index is 13.1. The Morgan fingerprint density at radius 3 is 2.31 bits per heavy atom. The molecular formula is C20H14FN3O3S2. The molecule has 0 aliphatic carbocycles. The second kappa shape index (κ2) is 8.36. The van der Waals surface area contributed by atoms with Crippen molar-refractivity contribution in [3.8, 4) is 16.5 Å². The van der Waals surface area contributed by atoms with Gasteiger partial charge in [-0.25, -0.2) is 17.9 Å². The number of rotatable bonds is 5. The molecule has 3 N–H and O–H groups in total. The van der Waals surface area contributed by atoms with Crippen LogP contribution in [0.1, 0.15) is 4.88 Å². The smallest absolute Gasteiger partial charge is 0.266 e. The van der Waals surface area contributed by atoms with E-state index in [2.05, 4.69) is 5.32 Å². The van der Waals surface area contributed by atoms with Crippen LogP contribution in [0.15, 0.2) is 71.1 Å². The molecule has 6 nitrogen and oxygen atoms in total. The number of anilines is 1. The number of halogens is 1. The third-order valence-electron chi connectivity index (χ3n) is 3.85. The molecule has 29 heavy (non-hydrogen) atoms. The van der Waals surface area contributed by atoms with E-state index in [-0.39, 0.29) is 16.3 Å². The van der Waals surface area contributed by atoms with Crippen LogP contribution in [0.4, 0.5) is 10.1 Å². The first-order valence-corrected chi connectivity index (χ1v) is 10.5. The minimum absolute atomic E-state index is 0.0848. The fourth-order valence-electron chi connectivity index (χ4n) is 2.42. The van der Waals surface area contributed by atoms with Gasteiger partial charge in [0.25, 0.3) is 5.91 Å². The van der Waals surface area contributed by atoms with Crippen molar-refractivity contribution in [2.45, 2.75) is 4.90 Å². The molecule has 1 heterocycles. The largest absolute Gasteiger partial charge is 0.321 e. The van der Waals surface area contributed by atoms with E-state index in [1.54, 1.807) is 18.2 Å². The number of hydrogen-bond acceptors (Lipinski definition) is 5. The van der Waals surface area contributed by atoms with Gasteiger partial charge in [-0.05, 0) is 60.2 Å². The number of thiophene rings is 1. The van der Waals surface area contributed by atoms with Crippen molar-refractivity contribution in [2.24, 2.45) is 5.14 Å². The van der Waals surface area contributed by atoms with Crippen molar-refractivity contribution in [3.63, 3.8) is 0 Å². The van der Waals surface area contributed by atoms with Crippen LogP contribution in [0, 0.1) is 17.1 Å². The maximum absolute atomic E-state index is 13.1. The number of nitrogens with two attached hydrogens (primary N) is 1. The Morgan fingerprint density at radius 2 is 1.72 bits per heavy atom. The molecule has 0 spiro atoms. The zero-order chi connectivity index (χ0) is 21.0. The summed E-state index contributed by atoms with van der Waals surface area (Å²) in [5.41, 5.74) is 1.03. The molecule has 0 aliphatic heterocycles. The van der Waals surface area contributed by atoms with Crippen LogP contribution in [0.2, 0.25) is 0 Å². The summed E-state index contributed by atoms with van der Waals surface area (Å²) in [6.45, 7) is 0. The van der Waals surface area contributed by atoms with Gasteiger partial charge >= 0.3 is 0 Å². The molecule has 1 amide bonds. The summed E-state index contributed by atoms with van der Waals surface area (Å²) in [6.07, 6.45) is 1.45. The second-order valence-corrected chi connectivity index (χ2v) is 8.58. The zero-order valence-electron chi connectivity index (χ0n) is 14.8. The van der Waals surface area contributed by atoms with Gasteiger partial charge in [-0.1, -0.05) is 12.1 Å². The number of nitrogens with one attached hydrogen (secondary N) is 1.